The summed E-state index contributed by atoms with van der Waals surface area (Å²) >= 11 is 0. The molecule has 0 aliphatic carbocycles. The molecule has 0 aliphatic rings. The van der Waals surface area contributed by atoms with Crippen molar-refractivity contribution in [3.8, 4) is 11.3 Å². The minimum atomic E-state index is -0.110. The Balaban J connectivity index is 2.37. The molecule has 2 rings (SSSR count). The first kappa shape index (κ1) is 15.2. The van der Waals surface area contributed by atoms with Crippen LogP contribution in [0.4, 0.5) is 11.8 Å². The van der Waals surface area contributed by atoms with Gasteiger partial charge in [0, 0.05) is 36.1 Å². The van der Waals surface area contributed by atoms with Crippen LogP contribution in [0.3, 0.4) is 0 Å². The Kier molecular flexibility index (Phi) is 5.05. The lowest BCUT2D eigenvalue weighted by Crippen LogP contribution is -2.21. The van der Waals surface area contributed by atoms with Crippen LogP contribution in [-0.4, -0.2) is 38.7 Å². The third kappa shape index (κ3) is 4.39. The van der Waals surface area contributed by atoms with E-state index in [2.05, 4.69) is 39.4 Å². The molecule has 0 fully saturated rings. The molecule has 0 unspecified atom stereocenters. The van der Waals surface area contributed by atoms with Crippen molar-refractivity contribution in [2.45, 2.75) is 32.9 Å². The van der Waals surface area contributed by atoms with Crippen molar-refractivity contribution < 1.29 is 5.11 Å². The van der Waals surface area contributed by atoms with E-state index in [0.29, 0.717) is 5.95 Å². The Morgan fingerprint density at radius 3 is 2.62 bits per heavy atom. The van der Waals surface area contributed by atoms with Gasteiger partial charge in [-0.2, -0.15) is 4.98 Å². The number of nitrogens with zero attached hydrogens (tertiary/aromatic N) is 3. The fourth-order valence-corrected chi connectivity index (χ4v) is 1.81. The molecule has 0 amide bonds. The van der Waals surface area contributed by atoms with Gasteiger partial charge in [-0.15, -0.1) is 0 Å². The molecule has 2 aromatic heterocycles. The summed E-state index contributed by atoms with van der Waals surface area (Å²) in [5.41, 5.74) is 1.71. The van der Waals surface area contributed by atoms with E-state index in [1.54, 1.807) is 12.4 Å². The normalized spacial score (nSPS) is 12.2. The van der Waals surface area contributed by atoms with E-state index in [1.807, 2.05) is 25.1 Å². The van der Waals surface area contributed by atoms with Crippen LogP contribution in [0.5, 0.6) is 0 Å². The van der Waals surface area contributed by atoms with Gasteiger partial charge in [0.1, 0.15) is 5.82 Å². The maximum atomic E-state index is 9.15. The minimum absolute atomic E-state index is 0.0213. The van der Waals surface area contributed by atoms with Gasteiger partial charge in [0.2, 0.25) is 5.95 Å². The fourth-order valence-electron chi connectivity index (χ4n) is 1.81. The predicted octanol–water partition coefficient (Wildman–Crippen LogP) is 2.15. The Morgan fingerprint density at radius 2 is 2.00 bits per heavy atom. The summed E-state index contributed by atoms with van der Waals surface area (Å²) in [6.45, 7) is 5.99. The average Bonchev–Trinajstić information content (AvgIpc) is 2.47. The predicted molar refractivity (Wildman–Crippen MR) is 84.2 cm³/mol. The molecule has 0 saturated carbocycles. The zero-order valence-electron chi connectivity index (χ0n) is 12.5. The zero-order valence-corrected chi connectivity index (χ0v) is 12.5. The summed E-state index contributed by atoms with van der Waals surface area (Å²) in [5.74, 6) is 1.23. The molecule has 0 spiro atoms. The van der Waals surface area contributed by atoms with E-state index in [0.717, 1.165) is 17.1 Å². The minimum Gasteiger partial charge on any atom is -0.394 e. The second-order valence-corrected chi connectivity index (χ2v) is 5.23. The standard InChI is InChI=1S/C15H21N5O/c1-10(2)17-14-7-13(12-5-4-6-16-8-12)19-15(20-14)18-11(3)9-21/h4-8,10-11,21H,9H2,1-3H3,(H2,17,18,19,20)/t11-/m1/s1. The van der Waals surface area contributed by atoms with Crippen molar-refractivity contribution in [3.05, 3.63) is 30.6 Å². The number of hydrogen-bond donors (Lipinski definition) is 3. The van der Waals surface area contributed by atoms with E-state index < -0.39 is 0 Å². The fraction of sp³-hybridized carbons (Fsp3) is 0.400. The van der Waals surface area contributed by atoms with E-state index in [4.69, 9.17) is 5.11 Å². The van der Waals surface area contributed by atoms with Crippen LogP contribution >= 0.6 is 0 Å². The smallest absolute Gasteiger partial charge is 0.225 e. The Labute approximate surface area is 124 Å². The van der Waals surface area contributed by atoms with Crippen LogP contribution in [0.1, 0.15) is 20.8 Å². The van der Waals surface area contributed by atoms with Crippen molar-refractivity contribution in [2.75, 3.05) is 17.2 Å². The number of rotatable bonds is 6. The van der Waals surface area contributed by atoms with Gasteiger partial charge in [0.25, 0.3) is 0 Å². The van der Waals surface area contributed by atoms with Crippen LogP contribution in [0.15, 0.2) is 30.6 Å². The second-order valence-electron chi connectivity index (χ2n) is 5.23. The number of aromatic nitrogens is 3. The van der Waals surface area contributed by atoms with Crippen LogP contribution < -0.4 is 10.6 Å². The topological polar surface area (TPSA) is 83.0 Å². The number of aliphatic hydroxyl groups excluding tert-OH is 1. The molecule has 1 atom stereocenters. The van der Waals surface area contributed by atoms with Gasteiger partial charge >= 0.3 is 0 Å². The van der Waals surface area contributed by atoms with E-state index in [-0.39, 0.29) is 18.7 Å². The number of hydrogen-bond acceptors (Lipinski definition) is 6. The molecule has 2 aromatic rings. The summed E-state index contributed by atoms with van der Waals surface area (Å²) in [6.07, 6.45) is 3.49. The molecule has 0 saturated heterocycles. The van der Waals surface area contributed by atoms with Gasteiger partial charge in [-0.25, -0.2) is 4.98 Å². The number of pyridine rings is 1. The number of aliphatic hydroxyl groups is 1. The SMILES string of the molecule is CC(C)Nc1cc(-c2cccnc2)nc(N[C@H](C)CO)n1. The van der Waals surface area contributed by atoms with Gasteiger partial charge in [-0.05, 0) is 32.9 Å². The van der Waals surface area contributed by atoms with Gasteiger partial charge in [-0.1, -0.05) is 0 Å². The van der Waals surface area contributed by atoms with Gasteiger partial charge in [0.05, 0.1) is 12.3 Å². The molecule has 112 valence electrons. The molecule has 6 nitrogen and oxygen atoms in total. The highest BCUT2D eigenvalue weighted by atomic mass is 16.3. The molecule has 0 aromatic carbocycles. The van der Waals surface area contributed by atoms with E-state index in [9.17, 15) is 0 Å². The number of nitrogens with one attached hydrogen (secondary N) is 2. The third-order valence-corrected chi connectivity index (χ3v) is 2.77. The second kappa shape index (κ2) is 6.99. The van der Waals surface area contributed by atoms with Gasteiger partial charge in [0.15, 0.2) is 0 Å². The molecule has 0 radical (unpaired) electrons. The van der Waals surface area contributed by atoms with Crippen molar-refractivity contribution in [3.63, 3.8) is 0 Å². The van der Waals surface area contributed by atoms with E-state index in [1.165, 1.54) is 0 Å². The van der Waals surface area contributed by atoms with Crippen LogP contribution in [0, 0.1) is 0 Å². The largest absolute Gasteiger partial charge is 0.394 e. The lowest BCUT2D eigenvalue weighted by Gasteiger charge is -2.15. The van der Waals surface area contributed by atoms with Crippen molar-refractivity contribution in [1.29, 1.82) is 0 Å². The Bertz CT molecular complexity index is 574. The lowest BCUT2D eigenvalue weighted by molar-refractivity contribution is 0.281. The maximum Gasteiger partial charge on any atom is 0.225 e. The van der Waals surface area contributed by atoms with E-state index >= 15 is 0 Å². The number of anilines is 2. The molecule has 0 bridgehead atoms. The van der Waals surface area contributed by atoms with Crippen LogP contribution in [0.2, 0.25) is 0 Å². The first-order valence-corrected chi connectivity index (χ1v) is 7.02. The molecular formula is C15H21N5O. The first-order valence-electron chi connectivity index (χ1n) is 7.02. The molecular weight excluding hydrogens is 266 g/mol. The quantitative estimate of drug-likeness (QED) is 0.755. The third-order valence-electron chi connectivity index (χ3n) is 2.77. The van der Waals surface area contributed by atoms with Gasteiger partial charge < -0.3 is 15.7 Å². The Hall–Kier alpha value is -2.21. The molecule has 3 N–H and O–H groups in total. The van der Waals surface area contributed by atoms with Crippen molar-refractivity contribution in [1.82, 2.24) is 15.0 Å². The first-order chi connectivity index (χ1) is 10.1. The molecule has 6 heteroatoms. The monoisotopic (exact) mass is 287 g/mol. The summed E-state index contributed by atoms with van der Waals surface area (Å²) in [5, 5.41) is 15.5. The summed E-state index contributed by atoms with van der Waals surface area (Å²) in [6, 6.07) is 5.88. The molecule has 2 heterocycles. The molecule has 0 aliphatic heterocycles. The Morgan fingerprint density at radius 1 is 1.19 bits per heavy atom. The summed E-state index contributed by atoms with van der Waals surface area (Å²) in [7, 11) is 0. The van der Waals surface area contributed by atoms with Crippen molar-refractivity contribution >= 4 is 11.8 Å². The molecule has 21 heavy (non-hydrogen) atoms. The highest BCUT2D eigenvalue weighted by molar-refractivity contribution is 5.63. The maximum absolute atomic E-state index is 9.15. The zero-order chi connectivity index (χ0) is 15.2. The lowest BCUT2D eigenvalue weighted by atomic mass is 10.2. The van der Waals surface area contributed by atoms with Gasteiger partial charge in [-0.3, -0.25) is 4.98 Å². The summed E-state index contributed by atoms with van der Waals surface area (Å²) < 4.78 is 0. The average molecular weight is 287 g/mol. The highest BCUT2D eigenvalue weighted by Crippen LogP contribution is 2.21. The van der Waals surface area contributed by atoms with Crippen LogP contribution in [-0.2, 0) is 0 Å². The van der Waals surface area contributed by atoms with Crippen molar-refractivity contribution in [2.24, 2.45) is 0 Å². The highest BCUT2D eigenvalue weighted by Gasteiger charge is 2.09. The van der Waals surface area contributed by atoms with Crippen LogP contribution in [0.25, 0.3) is 11.3 Å². The summed E-state index contributed by atoms with van der Waals surface area (Å²) in [4.78, 5) is 13.0.